The van der Waals surface area contributed by atoms with Crippen LogP contribution in [0.5, 0.6) is 0 Å². The molecule has 3 nitrogen and oxygen atoms in total. The fraction of sp³-hybridized carbons (Fsp3) is 0.667. The smallest absolute Gasteiger partial charge is 0.0521 e. The van der Waals surface area contributed by atoms with Gasteiger partial charge in [-0.05, 0) is 33.4 Å². The Bertz CT molecular complexity index is 240. The molecule has 0 saturated heterocycles. The molecular weight excluding hydrogens is 150 g/mol. The molecule has 68 valence electrons. The van der Waals surface area contributed by atoms with Crippen LogP contribution in [-0.2, 0) is 6.54 Å². The predicted octanol–water partition coefficient (Wildman–Crippen LogP) is 1.56. The summed E-state index contributed by atoms with van der Waals surface area (Å²) in [6, 6.07) is 0.577. The van der Waals surface area contributed by atoms with Crippen molar-refractivity contribution in [3.63, 3.8) is 0 Å². The molecule has 0 unspecified atom stereocenters. The highest BCUT2D eigenvalue weighted by Gasteiger charge is 2.06. The molecule has 0 amide bonds. The summed E-state index contributed by atoms with van der Waals surface area (Å²) in [4.78, 5) is 2.28. The summed E-state index contributed by atoms with van der Waals surface area (Å²) in [7, 11) is 2.12. The molecule has 1 heterocycles. The second-order valence-corrected chi connectivity index (χ2v) is 3.54. The summed E-state index contributed by atoms with van der Waals surface area (Å²) in [6.45, 7) is 7.40. The van der Waals surface area contributed by atoms with Crippen LogP contribution in [0.15, 0.2) is 6.20 Å². The maximum atomic E-state index is 3.98. The lowest BCUT2D eigenvalue weighted by atomic mass is 10.2. The van der Waals surface area contributed by atoms with E-state index in [1.165, 1.54) is 11.3 Å². The summed E-state index contributed by atoms with van der Waals surface area (Å²) in [6.07, 6.45) is 1.86. The fourth-order valence-corrected chi connectivity index (χ4v) is 0.965. The largest absolute Gasteiger partial charge is 0.298 e. The first-order valence-corrected chi connectivity index (χ1v) is 4.30. The maximum Gasteiger partial charge on any atom is 0.0521 e. The van der Waals surface area contributed by atoms with Gasteiger partial charge in [0.2, 0.25) is 0 Å². The van der Waals surface area contributed by atoms with Gasteiger partial charge in [-0.2, -0.15) is 5.10 Å². The van der Waals surface area contributed by atoms with E-state index in [1.807, 2.05) is 6.20 Å². The molecule has 1 rings (SSSR count). The van der Waals surface area contributed by atoms with Crippen molar-refractivity contribution in [2.75, 3.05) is 7.05 Å². The summed E-state index contributed by atoms with van der Waals surface area (Å²) in [5.41, 5.74) is 2.45. The summed E-state index contributed by atoms with van der Waals surface area (Å²) < 4.78 is 0. The molecule has 0 spiro atoms. The number of aromatic nitrogens is 2. The second kappa shape index (κ2) is 3.72. The fourth-order valence-electron chi connectivity index (χ4n) is 0.965. The van der Waals surface area contributed by atoms with Crippen molar-refractivity contribution in [1.29, 1.82) is 0 Å². The van der Waals surface area contributed by atoms with Gasteiger partial charge < -0.3 is 0 Å². The van der Waals surface area contributed by atoms with Crippen molar-refractivity contribution in [3.05, 3.63) is 17.5 Å². The number of aryl methyl sites for hydroxylation is 1. The van der Waals surface area contributed by atoms with Crippen LogP contribution in [0, 0.1) is 6.92 Å². The monoisotopic (exact) mass is 167 g/mol. The minimum Gasteiger partial charge on any atom is -0.298 e. The van der Waals surface area contributed by atoms with Crippen LogP contribution in [0.4, 0.5) is 0 Å². The van der Waals surface area contributed by atoms with Gasteiger partial charge in [0.1, 0.15) is 0 Å². The Balaban J connectivity index is 2.58. The van der Waals surface area contributed by atoms with Gasteiger partial charge in [-0.25, -0.2) is 0 Å². The van der Waals surface area contributed by atoms with Crippen molar-refractivity contribution in [2.24, 2.45) is 0 Å². The van der Waals surface area contributed by atoms with Crippen LogP contribution < -0.4 is 0 Å². The first-order valence-electron chi connectivity index (χ1n) is 4.30. The van der Waals surface area contributed by atoms with E-state index < -0.39 is 0 Å². The molecule has 0 fully saturated rings. The molecule has 0 radical (unpaired) electrons. The molecule has 1 aromatic rings. The van der Waals surface area contributed by atoms with Crippen LogP contribution in [0.1, 0.15) is 25.1 Å². The number of nitrogens with zero attached hydrogens (tertiary/aromatic N) is 2. The lowest BCUT2D eigenvalue weighted by Crippen LogP contribution is -2.26. The van der Waals surface area contributed by atoms with E-state index in [9.17, 15) is 0 Å². The van der Waals surface area contributed by atoms with E-state index >= 15 is 0 Å². The molecule has 1 N–H and O–H groups in total. The Morgan fingerprint density at radius 3 is 2.67 bits per heavy atom. The van der Waals surface area contributed by atoms with Crippen molar-refractivity contribution in [2.45, 2.75) is 33.4 Å². The molecule has 0 aliphatic carbocycles. The van der Waals surface area contributed by atoms with Crippen LogP contribution >= 0.6 is 0 Å². The van der Waals surface area contributed by atoms with Gasteiger partial charge in [-0.1, -0.05) is 0 Å². The van der Waals surface area contributed by atoms with Crippen LogP contribution in [0.3, 0.4) is 0 Å². The zero-order valence-corrected chi connectivity index (χ0v) is 8.26. The highest BCUT2D eigenvalue weighted by Crippen LogP contribution is 2.06. The van der Waals surface area contributed by atoms with E-state index in [4.69, 9.17) is 0 Å². The van der Waals surface area contributed by atoms with Crippen LogP contribution in [0.25, 0.3) is 0 Å². The number of H-pyrrole nitrogens is 1. The van der Waals surface area contributed by atoms with E-state index in [0.717, 1.165) is 6.54 Å². The summed E-state index contributed by atoms with van der Waals surface area (Å²) in [5.74, 6) is 0. The van der Waals surface area contributed by atoms with Crippen molar-refractivity contribution >= 4 is 0 Å². The molecule has 0 aromatic carbocycles. The van der Waals surface area contributed by atoms with Crippen LogP contribution in [0.2, 0.25) is 0 Å². The zero-order valence-electron chi connectivity index (χ0n) is 8.26. The highest BCUT2D eigenvalue weighted by atomic mass is 15.2. The molecular formula is C9H17N3. The van der Waals surface area contributed by atoms with E-state index in [1.54, 1.807) is 0 Å². The van der Waals surface area contributed by atoms with E-state index in [-0.39, 0.29) is 0 Å². The van der Waals surface area contributed by atoms with Crippen molar-refractivity contribution in [3.8, 4) is 0 Å². The molecule has 0 saturated carbocycles. The lowest BCUT2D eigenvalue weighted by molar-refractivity contribution is 0.262. The molecule has 0 aliphatic heterocycles. The third-order valence-electron chi connectivity index (χ3n) is 2.22. The Hall–Kier alpha value is -0.830. The van der Waals surface area contributed by atoms with Gasteiger partial charge in [0, 0.05) is 12.6 Å². The van der Waals surface area contributed by atoms with Gasteiger partial charge in [-0.3, -0.25) is 10.00 Å². The Morgan fingerprint density at radius 2 is 2.25 bits per heavy atom. The summed E-state index contributed by atoms with van der Waals surface area (Å²) >= 11 is 0. The van der Waals surface area contributed by atoms with Crippen LogP contribution in [-0.4, -0.2) is 28.2 Å². The SMILES string of the molecule is Cc1cn[nH]c1CN(C)C(C)C. The first kappa shape index (κ1) is 9.26. The number of rotatable bonds is 3. The minimum absolute atomic E-state index is 0.577. The maximum absolute atomic E-state index is 3.98. The number of nitrogens with one attached hydrogen (secondary N) is 1. The predicted molar refractivity (Wildman–Crippen MR) is 49.9 cm³/mol. The van der Waals surface area contributed by atoms with Gasteiger partial charge in [0.15, 0.2) is 0 Å². The number of hydrogen-bond donors (Lipinski definition) is 1. The topological polar surface area (TPSA) is 31.9 Å². The first-order chi connectivity index (χ1) is 5.61. The average molecular weight is 167 g/mol. The van der Waals surface area contributed by atoms with Crippen molar-refractivity contribution in [1.82, 2.24) is 15.1 Å². The molecule has 1 aromatic heterocycles. The number of aromatic amines is 1. The second-order valence-electron chi connectivity index (χ2n) is 3.54. The zero-order chi connectivity index (χ0) is 9.14. The average Bonchev–Trinajstić information content (AvgIpc) is 2.36. The van der Waals surface area contributed by atoms with Gasteiger partial charge in [0.25, 0.3) is 0 Å². The van der Waals surface area contributed by atoms with Gasteiger partial charge >= 0.3 is 0 Å². The molecule has 0 atom stereocenters. The molecule has 12 heavy (non-hydrogen) atoms. The molecule has 0 aliphatic rings. The standard InChI is InChI=1S/C9H17N3/c1-7(2)12(4)6-9-8(3)5-10-11-9/h5,7H,6H2,1-4H3,(H,10,11). The van der Waals surface area contributed by atoms with Gasteiger partial charge in [0.05, 0.1) is 11.9 Å². The minimum atomic E-state index is 0.577. The number of hydrogen-bond acceptors (Lipinski definition) is 2. The Morgan fingerprint density at radius 1 is 1.58 bits per heavy atom. The normalized spacial score (nSPS) is 11.5. The Labute approximate surface area is 73.8 Å². The third kappa shape index (κ3) is 2.08. The van der Waals surface area contributed by atoms with E-state index in [2.05, 4.69) is 42.9 Å². The van der Waals surface area contributed by atoms with E-state index in [0.29, 0.717) is 6.04 Å². The quantitative estimate of drug-likeness (QED) is 0.740. The third-order valence-corrected chi connectivity index (χ3v) is 2.22. The molecule has 0 bridgehead atoms. The summed E-state index contributed by atoms with van der Waals surface area (Å²) in [5, 5.41) is 6.98. The Kier molecular flexibility index (Phi) is 2.87. The van der Waals surface area contributed by atoms with Crippen molar-refractivity contribution < 1.29 is 0 Å². The molecule has 3 heteroatoms. The highest BCUT2D eigenvalue weighted by molar-refractivity contribution is 5.13. The van der Waals surface area contributed by atoms with Gasteiger partial charge in [-0.15, -0.1) is 0 Å². The lowest BCUT2D eigenvalue weighted by Gasteiger charge is -2.20.